The van der Waals surface area contributed by atoms with Crippen LogP contribution in [0.5, 0.6) is 0 Å². The highest BCUT2D eigenvalue weighted by Gasteiger charge is 2.03. The molecule has 0 fully saturated rings. The number of pyridine rings is 1. The molecule has 0 saturated heterocycles. The number of anilines is 1. The van der Waals surface area contributed by atoms with Crippen molar-refractivity contribution in [1.29, 1.82) is 0 Å². The summed E-state index contributed by atoms with van der Waals surface area (Å²) in [5.74, 6) is 1.59. The Morgan fingerprint density at radius 1 is 1.53 bits per heavy atom. The minimum atomic E-state index is 0.372. The summed E-state index contributed by atoms with van der Waals surface area (Å²) < 4.78 is 5.22. The SMILES string of the molecule is Cc1cc(C(N)=S)cc(NCc2ccco2)n1. The van der Waals surface area contributed by atoms with Crippen LogP contribution in [0.3, 0.4) is 0 Å². The summed E-state index contributed by atoms with van der Waals surface area (Å²) in [6, 6.07) is 7.44. The van der Waals surface area contributed by atoms with Crippen molar-refractivity contribution in [3.63, 3.8) is 0 Å². The van der Waals surface area contributed by atoms with Crippen molar-refractivity contribution < 1.29 is 4.42 Å². The van der Waals surface area contributed by atoms with Crippen molar-refractivity contribution in [2.24, 2.45) is 5.73 Å². The van der Waals surface area contributed by atoms with Gasteiger partial charge >= 0.3 is 0 Å². The monoisotopic (exact) mass is 247 g/mol. The van der Waals surface area contributed by atoms with E-state index in [4.69, 9.17) is 22.4 Å². The van der Waals surface area contributed by atoms with Gasteiger partial charge in [0.25, 0.3) is 0 Å². The molecule has 17 heavy (non-hydrogen) atoms. The third kappa shape index (κ3) is 3.04. The highest BCUT2D eigenvalue weighted by atomic mass is 32.1. The molecule has 0 aliphatic heterocycles. The molecule has 0 radical (unpaired) electrons. The van der Waals surface area contributed by atoms with Gasteiger partial charge in [0.15, 0.2) is 0 Å². The second-order valence-electron chi connectivity index (χ2n) is 3.68. The van der Waals surface area contributed by atoms with Gasteiger partial charge in [-0.2, -0.15) is 0 Å². The van der Waals surface area contributed by atoms with Crippen molar-refractivity contribution >= 4 is 23.0 Å². The van der Waals surface area contributed by atoms with Gasteiger partial charge in [-0.3, -0.25) is 0 Å². The molecule has 0 spiro atoms. The first-order valence-electron chi connectivity index (χ1n) is 5.20. The molecule has 2 rings (SSSR count). The summed E-state index contributed by atoms with van der Waals surface area (Å²) in [4.78, 5) is 4.72. The van der Waals surface area contributed by atoms with E-state index in [2.05, 4.69) is 10.3 Å². The van der Waals surface area contributed by atoms with Crippen LogP contribution in [0.15, 0.2) is 34.9 Å². The first-order chi connectivity index (χ1) is 8.15. The summed E-state index contributed by atoms with van der Waals surface area (Å²) in [6.07, 6.45) is 1.64. The quantitative estimate of drug-likeness (QED) is 0.811. The van der Waals surface area contributed by atoms with Crippen LogP contribution in [0.1, 0.15) is 17.0 Å². The zero-order chi connectivity index (χ0) is 12.3. The van der Waals surface area contributed by atoms with Crippen LogP contribution >= 0.6 is 12.2 Å². The van der Waals surface area contributed by atoms with Crippen molar-refractivity contribution in [1.82, 2.24) is 4.98 Å². The highest BCUT2D eigenvalue weighted by Crippen LogP contribution is 2.11. The number of hydrogen-bond donors (Lipinski definition) is 2. The maximum atomic E-state index is 5.60. The van der Waals surface area contributed by atoms with Crippen LogP contribution in [0.25, 0.3) is 0 Å². The van der Waals surface area contributed by atoms with Gasteiger partial charge in [-0.05, 0) is 31.2 Å². The Hall–Kier alpha value is -1.88. The Morgan fingerprint density at radius 2 is 2.35 bits per heavy atom. The van der Waals surface area contributed by atoms with Gasteiger partial charge in [-0.15, -0.1) is 0 Å². The smallest absolute Gasteiger partial charge is 0.127 e. The molecule has 0 aliphatic carbocycles. The molecule has 0 saturated carbocycles. The second kappa shape index (κ2) is 4.97. The van der Waals surface area contributed by atoms with E-state index in [1.165, 1.54) is 0 Å². The zero-order valence-electron chi connectivity index (χ0n) is 9.43. The molecule has 2 aromatic heterocycles. The van der Waals surface area contributed by atoms with E-state index < -0.39 is 0 Å². The van der Waals surface area contributed by atoms with Crippen LogP contribution in [0, 0.1) is 6.92 Å². The lowest BCUT2D eigenvalue weighted by atomic mass is 10.2. The van der Waals surface area contributed by atoms with E-state index in [-0.39, 0.29) is 0 Å². The molecule has 88 valence electrons. The average Bonchev–Trinajstić information content (AvgIpc) is 2.78. The summed E-state index contributed by atoms with van der Waals surface area (Å²) in [5.41, 5.74) is 7.29. The minimum absolute atomic E-state index is 0.372. The lowest BCUT2D eigenvalue weighted by Crippen LogP contribution is -2.11. The molecule has 5 heteroatoms. The molecule has 0 atom stereocenters. The Labute approximate surface area is 105 Å². The van der Waals surface area contributed by atoms with E-state index in [0.29, 0.717) is 11.5 Å². The lowest BCUT2D eigenvalue weighted by molar-refractivity contribution is 0.518. The van der Waals surface area contributed by atoms with E-state index in [9.17, 15) is 0 Å². The fourth-order valence-electron chi connectivity index (χ4n) is 1.49. The highest BCUT2D eigenvalue weighted by molar-refractivity contribution is 7.80. The number of rotatable bonds is 4. The summed E-state index contributed by atoms with van der Waals surface area (Å²) in [6.45, 7) is 2.49. The third-order valence-corrected chi connectivity index (χ3v) is 2.50. The number of nitrogens with two attached hydrogens (primary N) is 1. The predicted octanol–water partition coefficient (Wildman–Crippen LogP) is 2.23. The molecule has 3 N–H and O–H groups in total. The Morgan fingerprint density at radius 3 is 3.00 bits per heavy atom. The summed E-state index contributed by atoms with van der Waals surface area (Å²) >= 11 is 4.95. The first kappa shape index (κ1) is 11.6. The van der Waals surface area contributed by atoms with Gasteiger partial charge in [0, 0.05) is 11.3 Å². The average molecular weight is 247 g/mol. The fourth-order valence-corrected chi connectivity index (χ4v) is 1.61. The lowest BCUT2D eigenvalue weighted by Gasteiger charge is -2.07. The molecular formula is C12H13N3OS. The van der Waals surface area contributed by atoms with Crippen LogP contribution in [0.4, 0.5) is 5.82 Å². The number of aryl methyl sites for hydroxylation is 1. The van der Waals surface area contributed by atoms with Crippen molar-refractivity contribution in [2.45, 2.75) is 13.5 Å². The Kier molecular flexibility index (Phi) is 3.39. The van der Waals surface area contributed by atoms with E-state index in [1.807, 2.05) is 31.2 Å². The summed E-state index contributed by atoms with van der Waals surface area (Å²) in [7, 11) is 0. The van der Waals surface area contributed by atoms with Crippen molar-refractivity contribution in [3.05, 3.63) is 47.5 Å². The zero-order valence-corrected chi connectivity index (χ0v) is 10.3. The normalized spacial score (nSPS) is 10.2. The van der Waals surface area contributed by atoms with Crippen LogP contribution in [-0.2, 0) is 6.54 Å². The van der Waals surface area contributed by atoms with E-state index in [0.717, 1.165) is 22.8 Å². The van der Waals surface area contributed by atoms with Crippen molar-refractivity contribution in [3.8, 4) is 0 Å². The number of hydrogen-bond acceptors (Lipinski definition) is 4. The van der Waals surface area contributed by atoms with Gasteiger partial charge in [0.2, 0.25) is 0 Å². The van der Waals surface area contributed by atoms with Crippen molar-refractivity contribution in [2.75, 3.05) is 5.32 Å². The van der Waals surface area contributed by atoms with Gasteiger partial charge in [-0.25, -0.2) is 4.98 Å². The molecule has 4 nitrogen and oxygen atoms in total. The number of nitrogens with one attached hydrogen (secondary N) is 1. The molecule has 0 aliphatic rings. The van der Waals surface area contributed by atoms with Gasteiger partial charge in [0.1, 0.15) is 16.6 Å². The predicted molar refractivity (Wildman–Crippen MR) is 70.9 cm³/mol. The number of nitrogens with zero attached hydrogens (tertiary/aromatic N) is 1. The molecule has 0 unspecified atom stereocenters. The van der Waals surface area contributed by atoms with E-state index >= 15 is 0 Å². The molecule has 2 aromatic rings. The Balaban J connectivity index is 2.13. The molecule has 2 heterocycles. The fraction of sp³-hybridized carbons (Fsp3) is 0.167. The van der Waals surface area contributed by atoms with Crippen LogP contribution in [-0.4, -0.2) is 9.97 Å². The molecular weight excluding hydrogens is 234 g/mol. The van der Waals surface area contributed by atoms with Crippen LogP contribution < -0.4 is 11.1 Å². The molecule has 0 bridgehead atoms. The minimum Gasteiger partial charge on any atom is -0.467 e. The summed E-state index contributed by atoms with van der Waals surface area (Å²) in [5, 5.41) is 3.16. The number of thiocarbonyl (C=S) groups is 1. The topological polar surface area (TPSA) is 64.1 Å². The third-order valence-electron chi connectivity index (χ3n) is 2.26. The molecule has 0 amide bonds. The second-order valence-corrected chi connectivity index (χ2v) is 4.12. The van der Waals surface area contributed by atoms with Crippen LogP contribution in [0.2, 0.25) is 0 Å². The largest absolute Gasteiger partial charge is 0.467 e. The maximum Gasteiger partial charge on any atom is 0.127 e. The van der Waals surface area contributed by atoms with Gasteiger partial charge < -0.3 is 15.5 Å². The number of aromatic nitrogens is 1. The maximum absolute atomic E-state index is 5.60. The van der Waals surface area contributed by atoms with Gasteiger partial charge in [-0.1, -0.05) is 12.2 Å². The van der Waals surface area contributed by atoms with Gasteiger partial charge in [0.05, 0.1) is 12.8 Å². The Bertz CT molecular complexity index is 523. The first-order valence-corrected chi connectivity index (χ1v) is 5.61. The standard InChI is InChI=1S/C12H13N3OS/c1-8-5-9(12(13)17)6-11(15-8)14-7-10-3-2-4-16-10/h2-6H,7H2,1H3,(H2,13,17)(H,14,15). The molecule has 0 aromatic carbocycles. The van der Waals surface area contributed by atoms with E-state index in [1.54, 1.807) is 6.26 Å². The number of furan rings is 1.